The van der Waals surface area contributed by atoms with Gasteiger partial charge in [0, 0.05) is 17.1 Å². The molecule has 0 aliphatic carbocycles. The van der Waals surface area contributed by atoms with Crippen LogP contribution >= 0.6 is 35.0 Å². The number of carbonyl (C=O) groups excluding carboxylic acids is 2. The van der Waals surface area contributed by atoms with Crippen LogP contribution in [0.1, 0.15) is 24.2 Å². The lowest BCUT2D eigenvalue weighted by Gasteiger charge is -2.31. The Morgan fingerprint density at radius 1 is 1.13 bits per heavy atom. The van der Waals surface area contributed by atoms with Gasteiger partial charge in [-0.1, -0.05) is 35.3 Å². The number of ether oxygens (including phenoxy) is 2. The molecule has 1 aliphatic rings. The first-order chi connectivity index (χ1) is 14.9. The van der Waals surface area contributed by atoms with E-state index in [2.05, 4.69) is 25.9 Å². The van der Waals surface area contributed by atoms with E-state index < -0.39 is 17.9 Å². The minimum absolute atomic E-state index is 0.242. The van der Waals surface area contributed by atoms with E-state index in [-0.39, 0.29) is 16.2 Å². The molecule has 9 nitrogen and oxygen atoms in total. The highest BCUT2D eigenvalue weighted by molar-refractivity contribution is 7.98. The predicted molar refractivity (Wildman–Crippen MR) is 116 cm³/mol. The summed E-state index contributed by atoms with van der Waals surface area (Å²) in [6, 6.07) is 5.05. The molecule has 31 heavy (non-hydrogen) atoms. The van der Waals surface area contributed by atoms with Crippen molar-refractivity contribution >= 4 is 46.9 Å². The number of allylic oxidation sites excluding steroid dienone is 1. The number of hydrogen-bond donors (Lipinski definition) is 2. The van der Waals surface area contributed by atoms with Gasteiger partial charge in [-0.3, -0.25) is 0 Å². The standard InChI is InChI=1S/C19H19Cl2N5O4S/c1-9-14(18(27)29-2)15(10-5-4-6-11(20)17(10)21)16(19(28)30-3)12(22-9)7-31-8-13-23-25-26-24-13/h4-6,15,22H,7-8H2,1-3H3,(H,23,24,25,26). The molecule has 2 heterocycles. The highest BCUT2D eigenvalue weighted by atomic mass is 35.5. The number of tetrazole rings is 1. The van der Waals surface area contributed by atoms with Crippen LogP contribution in [0.25, 0.3) is 0 Å². The summed E-state index contributed by atoms with van der Waals surface area (Å²) in [5, 5.41) is 17.3. The second-order valence-corrected chi connectivity index (χ2v) is 8.23. The summed E-state index contributed by atoms with van der Waals surface area (Å²) >= 11 is 14.2. The van der Waals surface area contributed by atoms with Gasteiger partial charge in [-0.15, -0.1) is 16.9 Å². The smallest absolute Gasteiger partial charge is 0.336 e. The van der Waals surface area contributed by atoms with Gasteiger partial charge in [-0.2, -0.15) is 0 Å². The van der Waals surface area contributed by atoms with Crippen molar-refractivity contribution in [2.75, 3.05) is 20.0 Å². The number of carbonyl (C=O) groups is 2. The summed E-state index contributed by atoms with van der Waals surface area (Å²) in [6.45, 7) is 1.73. The summed E-state index contributed by atoms with van der Waals surface area (Å²) < 4.78 is 10.0. The normalized spacial score (nSPS) is 16.2. The van der Waals surface area contributed by atoms with Crippen LogP contribution in [0.2, 0.25) is 10.0 Å². The summed E-state index contributed by atoms with van der Waals surface area (Å²) in [4.78, 5) is 25.6. The number of aromatic amines is 1. The molecule has 1 aliphatic heterocycles. The average molecular weight is 484 g/mol. The average Bonchev–Trinajstić information content (AvgIpc) is 3.28. The topological polar surface area (TPSA) is 119 Å². The number of dihydropyridines is 1. The van der Waals surface area contributed by atoms with E-state index in [0.29, 0.717) is 39.3 Å². The molecule has 2 N–H and O–H groups in total. The Hall–Kier alpha value is -2.56. The van der Waals surface area contributed by atoms with Crippen molar-refractivity contribution in [2.24, 2.45) is 0 Å². The molecule has 0 saturated heterocycles. The fourth-order valence-electron chi connectivity index (χ4n) is 3.29. The highest BCUT2D eigenvalue weighted by Gasteiger charge is 2.39. The molecule has 164 valence electrons. The number of methoxy groups -OCH3 is 2. The Kier molecular flexibility index (Phi) is 7.58. The zero-order chi connectivity index (χ0) is 22.5. The number of thioether (sulfide) groups is 1. The zero-order valence-electron chi connectivity index (χ0n) is 16.9. The SMILES string of the molecule is COC(=O)C1=C(C)NC(CSCc2nnn[nH]2)=C(C(=O)OC)C1c1cccc(Cl)c1Cl. The molecule has 0 spiro atoms. The molecule has 1 unspecified atom stereocenters. The molecule has 1 aromatic carbocycles. The maximum atomic E-state index is 12.9. The first kappa shape index (κ1) is 23.1. The van der Waals surface area contributed by atoms with Gasteiger partial charge in [0.05, 0.1) is 47.1 Å². The maximum Gasteiger partial charge on any atom is 0.336 e. The van der Waals surface area contributed by atoms with Crippen molar-refractivity contribution in [3.8, 4) is 0 Å². The summed E-state index contributed by atoms with van der Waals surface area (Å²) in [5.74, 6) is -0.535. The summed E-state index contributed by atoms with van der Waals surface area (Å²) in [6.07, 6.45) is 0. The Bertz CT molecular complexity index is 1060. The molecular weight excluding hydrogens is 465 g/mol. The van der Waals surface area contributed by atoms with Crippen LogP contribution in [0.4, 0.5) is 0 Å². The van der Waals surface area contributed by atoms with Crippen molar-refractivity contribution in [2.45, 2.75) is 18.6 Å². The van der Waals surface area contributed by atoms with Gasteiger partial charge >= 0.3 is 11.9 Å². The lowest BCUT2D eigenvalue weighted by molar-refractivity contribution is -0.137. The van der Waals surface area contributed by atoms with Gasteiger partial charge in [0.1, 0.15) is 0 Å². The van der Waals surface area contributed by atoms with Crippen molar-refractivity contribution in [3.05, 3.63) is 62.2 Å². The molecule has 0 amide bonds. The molecular formula is C19H19Cl2N5O4S. The Labute approximate surface area is 192 Å². The number of H-pyrrole nitrogens is 1. The Balaban J connectivity index is 2.10. The van der Waals surface area contributed by atoms with Crippen molar-refractivity contribution in [1.82, 2.24) is 25.9 Å². The lowest BCUT2D eigenvalue weighted by atomic mass is 9.80. The molecule has 2 aromatic rings. The van der Waals surface area contributed by atoms with E-state index in [4.69, 9.17) is 32.7 Å². The van der Waals surface area contributed by atoms with Gasteiger partial charge in [-0.05, 0) is 29.0 Å². The highest BCUT2D eigenvalue weighted by Crippen LogP contribution is 2.44. The van der Waals surface area contributed by atoms with E-state index in [9.17, 15) is 9.59 Å². The third-order valence-corrected chi connectivity index (χ3v) is 6.43. The molecule has 1 atom stereocenters. The molecule has 0 radical (unpaired) electrons. The molecule has 0 fully saturated rings. The van der Waals surface area contributed by atoms with Crippen molar-refractivity contribution < 1.29 is 19.1 Å². The summed E-state index contributed by atoms with van der Waals surface area (Å²) in [7, 11) is 2.55. The van der Waals surface area contributed by atoms with Gasteiger partial charge in [0.25, 0.3) is 0 Å². The van der Waals surface area contributed by atoms with Gasteiger partial charge in [-0.25, -0.2) is 14.7 Å². The monoisotopic (exact) mass is 483 g/mol. The third-order valence-electron chi connectivity index (χ3n) is 4.62. The molecule has 0 saturated carbocycles. The van der Waals surface area contributed by atoms with Gasteiger partial charge in [0.15, 0.2) is 5.82 Å². The minimum atomic E-state index is -0.824. The largest absolute Gasteiger partial charge is 0.466 e. The van der Waals surface area contributed by atoms with Crippen LogP contribution in [0.5, 0.6) is 0 Å². The molecule has 0 bridgehead atoms. The number of aromatic nitrogens is 4. The van der Waals surface area contributed by atoms with E-state index in [1.807, 2.05) is 0 Å². The van der Waals surface area contributed by atoms with Crippen molar-refractivity contribution in [3.63, 3.8) is 0 Å². The first-order valence-corrected chi connectivity index (χ1v) is 10.9. The van der Waals surface area contributed by atoms with E-state index in [1.165, 1.54) is 26.0 Å². The predicted octanol–water partition coefficient (Wildman–Crippen LogP) is 3.00. The molecule has 1 aromatic heterocycles. The zero-order valence-corrected chi connectivity index (χ0v) is 19.2. The number of nitrogens with zero attached hydrogens (tertiary/aromatic N) is 3. The van der Waals surface area contributed by atoms with Crippen LogP contribution < -0.4 is 5.32 Å². The fourth-order valence-corrected chi connectivity index (χ4v) is 4.55. The summed E-state index contributed by atoms with van der Waals surface area (Å²) in [5.41, 5.74) is 2.12. The van der Waals surface area contributed by atoms with Crippen LogP contribution in [-0.4, -0.2) is 52.5 Å². The van der Waals surface area contributed by atoms with Crippen LogP contribution in [0.3, 0.4) is 0 Å². The number of halogens is 2. The second-order valence-electron chi connectivity index (χ2n) is 6.46. The van der Waals surface area contributed by atoms with Gasteiger partial charge in [0.2, 0.25) is 0 Å². The van der Waals surface area contributed by atoms with E-state index in [0.717, 1.165) is 0 Å². The van der Waals surface area contributed by atoms with Crippen LogP contribution in [-0.2, 0) is 24.8 Å². The Morgan fingerprint density at radius 3 is 2.48 bits per heavy atom. The maximum absolute atomic E-state index is 12.9. The number of esters is 2. The molecule has 3 rings (SSSR count). The number of benzene rings is 1. The quantitative estimate of drug-likeness (QED) is 0.572. The van der Waals surface area contributed by atoms with Gasteiger partial charge < -0.3 is 14.8 Å². The fraction of sp³-hybridized carbons (Fsp3) is 0.316. The number of nitrogens with one attached hydrogen (secondary N) is 2. The van der Waals surface area contributed by atoms with E-state index in [1.54, 1.807) is 25.1 Å². The van der Waals surface area contributed by atoms with E-state index >= 15 is 0 Å². The second kappa shape index (κ2) is 10.2. The first-order valence-electron chi connectivity index (χ1n) is 9.00. The van der Waals surface area contributed by atoms with Crippen LogP contribution in [0.15, 0.2) is 40.7 Å². The lowest BCUT2D eigenvalue weighted by Crippen LogP contribution is -2.33. The molecule has 12 heteroatoms. The number of rotatable bonds is 7. The number of hydrogen-bond acceptors (Lipinski definition) is 9. The van der Waals surface area contributed by atoms with Crippen LogP contribution in [0, 0.1) is 0 Å². The minimum Gasteiger partial charge on any atom is -0.466 e. The third kappa shape index (κ3) is 4.86. The Morgan fingerprint density at radius 2 is 1.84 bits per heavy atom. The van der Waals surface area contributed by atoms with Crippen molar-refractivity contribution in [1.29, 1.82) is 0 Å².